The third-order valence-electron chi connectivity index (χ3n) is 3.32. The fourth-order valence-electron chi connectivity index (χ4n) is 2.28. The molecule has 3 aromatic rings. The van der Waals surface area contributed by atoms with E-state index in [1.165, 1.54) is 6.33 Å². The zero-order valence-corrected chi connectivity index (χ0v) is 12.6. The highest BCUT2D eigenvalue weighted by atomic mass is 16.6. The number of hydrogen-bond acceptors (Lipinski definition) is 7. The van der Waals surface area contributed by atoms with Crippen LogP contribution in [0.15, 0.2) is 55.5 Å². The summed E-state index contributed by atoms with van der Waals surface area (Å²) in [7, 11) is 0. The van der Waals surface area contributed by atoms with Gasteiger partial charge in [-0.1, -0.05) is 12.1 Å². The van der Waals surface area contributed by atoms with Gasteiger partial charge in [-0.3, -0.25) is 15.1 Å². The Kier molecular flexibility index (Phi) is 4.28. The highest BCUT2D eigenvalue weighted by Crippen LogP contribution is 2.33. The first-order chi connectivity index (χ1) is 11.7. The summed E-state index contributed by atoms with van der Waals surface area (Å²) in [6, 6.07) is 9.19. The number of fused-ring (bicyclic) bond motifs is 1. The van der Waals surface area contributed by atoms with Crippen LogP contribution in [0.1, 0.15) is 0 Å². The first kappa shape index (κ1) is 15.3. The summed E-state index contributed by atoms with van der Waals surface area (Å²) in [5.74, 6) is 0.244. The molecule has 0 saturated carbocycles. The smallest absolute Gasteiger partial charge is 0.353 e. The Morgan fingerprint density at radius 2 is 2.00 bits per heavy atom. The maximum Gasteiger partial charge on any atom is 0.353 e. The molecule has 3 rings (SSSR count). The molecule has 0 bridgehead atoms. The van der Waals surface area contributed by atoms with Gasteiger partial charge < -0.3 is 10.6 Å². The molecule has 2 N–H and O–H groups in total. The molecule has 0 aliphatic rings. The van der Waals surface area contributed by atoms with E-state index in [1.807, 2.05) is 24.3 Å². The topological polar surface area (TPSA) is 106 Å². The number of nitrogens with zero attached hydrogens (tertiary/aromatic N) is 4. The second-order valence-electron chi connectivity index (χ2n) is 4.85. The minimum Gasteiger partial charge on any atom is -0.361 e. The number of benzene rings is 1. The van der Waals surface area contributed by atoms with Crippen molar-refractivity contribution < 1.29 is 4.92 Å². The Hall–Kier alpha value is -3.55. The van der Waals surface area contributed by atoms with Gasteiger partial charge in [-0.05, 0) is 24.3 Å². The van der Waals surface area contributed by atoms with Gasteiger partial charge in [-0.2, -0.15) is 0 Å². The standard InChI is InChI=1S/C16H14N6O2/c1-2-8-18-15-14(22(23)24)16(20-10-19-15)21-13-7-3-6-12-11(13)5-4-9-17-12/h2-7,9-10H,1,8H2,(H2,18,19,20,21). The van der Waals surface area contributed by atoms with E-state index in [9.17, 15) is 10.1 Å². The number of hydrogen-bond donors (Lipinski definition) is 2. The molecule has 2 heterocycles. The Morgan fingerprint density at radius 1 is 1.17 bits per heavy atom. The molecule has 0 unspecified atom stereocenters. The predicted octanol–water partition coefficient (Wildman–Crippen LogP) is 3.27. The zero-order chi connectivity index (χ0) is 16.9. The summed E-state index contributed by atoms with van der Waals surface area (Å²) in [6.45, 7) is 3.93. The van der Waals surface area contributed by atoms with E-state index in [0.717, 1.165) is 10.9 Å². The third-order valence-corrected chi connectivity index (χ3v) is 3.32. The van der Waals surface area contributed by atoms with Gasteiger partial charge >= 0.3 is 5.69 Å². The Labute approximate surface area is 137 Å². The molecule has 1 aromatic carbocycles. The lowest BCUT2D eigenvalue weighted by Gasteiger charge is -2.10. The largest absolute Gasteiger partial charge is 0.361 e. The van der Waals surface area contributed by atoms with Crippen LogP contribution in [0.3, 0.4) is 0 Å². The Morgan fingerprint density at radius 3 is 2.79 bits per heavy atom. The quantitative estimate of drug-likeness (QED) is 0.407. The van der Waals surface area contributed by atoms with E-state index < -0.39 is 4.92 Å². The van der Waals surface area contributed by atoms with Crippen molar-refractivity contribution in [1.29, 1.82) is 0 Å². The molecule has 24 heavy (non-hydrogen) atoms. The van der Waals surface area contributed by atoms with Gasteiger partial charge in [0.1, 0.15) is 6.33 Å². The van der Waals surface area contributed by atoms with Crippen LogP contribution in [0.2, 0.25) is 0 Å². The van der Waals surface area contributed by atoms with Crippen molar-refractivity contribution in [3.05, 3.63) is 65.6 Å². The second-order valence-corrected chi connectivity index (χ2v) is 4.85. The van der Waals surface area contributed by atoms with Crippen LogP contribution in [0.25, 0.3) is 10.9 Å². The van der Waals surface area contributed by atoms with Gasteiger partial charge in [-0.15, -0.1) is 6.58 Å². The number of rotatable bonds is 6. The van der Waals surface area contributed by atoms with Crippen LogP contribution in [0.4, 0.5) is 23.0 Å². The highest BCUT2D eigenvalue weighted by Gasteiger charge is 2.23. The second kappa shape index (κ2) is 6.69. The lowest BCUT2D eigenvalue weighted by Crippen LogP contribution is -2.08. The summed E-state index contributed by atoms with van der Waals surface area (Å²) in [5.41, 5.74) is 1.24. The average Bonchev–Trinajstić information content (AvgIpc) is 2.60. The molecule has 8 heteroatoms. The molecule has 0 saturated heterocycles. The summed E-state index contributed by atoms with van der Waals surface area (Å²) in [4.78, 5) is 23.2. The summed E-state index contributed by atoms with van der Waals surface area (Å²) in [5, 5.41) is 18.2. The number of pyridine rings is 1. The third kappa shape index (κ3) is 2.98. The van der Waals surface area contributed by atoms with Crippen molar-refractivity contribution in [2.24, 2.45) is 0 Å². The van der Waals surface area contributed by atoms with Gasteiger partial charge in [0.25, 0.3) is 0 Å². The molecule has 120 valence electrons. The lowest BCUT2D eigenvalue weighted by atomic mass is 10.2. The van der Waals surface area contributed by atoms with Crippen LogP contribution >= 0.6 is 0 Å². The first-order valence-electron chi connectivity index (χ1n) is 7.15. The number of nitro groups is 1. The van der Waals surface area contributed by atoms with E-state index in [4.69, 9.17) is 0 Å². The summed E-state index contributed by atoms with van der Waals surface area (Å²) < 4.78 is 0. The lowest BCUT2D eigenvalue weighted by molar-refractivity contribution is -0.383. The van der Waals surface area contributed by atoms with Gasteiger partial charge in [-0.25, -0.2) is 9.97 Å². The van der Waals surface area contributed by atoms with E-state index in [1.54, 1.807) is 18.3 Å². The molecular formula is C16H14N6O2. The molecule has 8 nitrogen and oxygen atoms in total. The average molecular weight is 322 g/mol. The van der Waals surface area contributed by atoms with Crippen LogP contribution in [-0.2, 0) is 0 Å². The molecule has 0 aliphatic heterocycles. The first-order valence-corrected chi connectivity index (χ1v) is 7.15. The maximum absolute atomic E-state index is 11.5. The normalized spacial score (nSPS) is 10.3. The van der Waals surface area contributed by atoms with E-state index in [0.29, 0.717) is 12.2 Å². The van der Waals surface area contributed by atoms with Crippen molar-refractivity contribution in [2.75, 3.05) is 17.2 Å². The van der Waals surface area contributed by atoms with Crippen molar-refractivity contribution in [2.45, 2.75) is 0 Å². The molecule has 2 aromatic heterocycles. The van der Waals surface area contributed by atoms with E-state index in [-0.39, 0.29) is 17.3 Å². The van der Waals surface area contributed by atoms with Crippen LogP contribution in [0, 0.1) is 10.1 Å². The van der Waals surface area contributed by atoms with Crippen molar-refractivity contribution in [1.82, 2.24) is 15.0 Å². The molecule has 0 amide bonds. The van der Waals surface area contributed by atoms with Gasteiger partial charge in [0.15, 0.2) is 0 Å². The van der Waals surface area contributed by atoms with E-state index >= 15 is 0 Å². The van der Waals surface area contributed by atoms with Gasteiger partial charge in [0.05, 0.1) is 10.4 Å². The zero-order valence-electron chi connectivity index (χ0n) is 12.6. The van der Waals surface area contributed by atoms with Crippen molar-refractivity contribution in [3.63, 3.8) is 0 Å². The molecule has 0 radical (unpaired) electrons. The fourth-order valence-corrected chi connectivity index (χ4v) is 2.28. The number of anilines is 3. The predicted molar refractivity (Wildman–Crippen MR) is 92.4 cm³/mol. The van der Waals surface area contributed by atoms with Crippen LogP contribution in [0.5, 0.6) is 0 Å². The molecule has 0 atom stereocenters. The fraction of sp³-hybridized carbons (Fsp3) is 0.0625. The van der Waals surface area contributed by atoms with E-state index in [2.05, 4.69) is 32.2 Å². The SMILES string of the molecule is C=CCNc1ncnc(Nc2cccc3ncccc23)c1[N+](=O)[O-]. The monoisotopic (exact) mass is 322 g/mol. The summed E-state index contributed by atoms with van der Waals surface area (Å²) >= 11 is 0. The number of aromatic nitrogens is 3. The maximum atomic E-state index is 11.5. The van der Waals surface area contributed by atoms with Crippen molar-refractivity contribution in [3.8, 4) is 0 Å². The van der Waals surface area contributed by atoms with Crippen molar-refractivity contribution >= 4 is 33.9 Å². The molecule has 0 spiro atoms. The highest BCUT2D eigenvalue weighted by molar-refractivity contribution is 5.93. The minimum absolute atomic E-state index is 0.109. The summed E-state index contributed by atoms with van der Waals surface area (Å²) in [6.07, 6.45) is 4.55. The molecular weight excluding hydrogens is 308 g/mol. The molecule has 0 aliphatic carbocycles. The van der Waals surface area contributed by atoms with Crippen LogP contribution in [-0.4, -0.2) is 26.4 Å². The van der Waals surface area contributed by atoms with Gasteiger partial charge in [0.2, 0.25) is 11.6 Å². The Bertz CT molecular complexity index is 907. The molecule has 0 fully saturated rings. The van der Waals surface area contributed by atoms with Gasteiger partial charge in [0, 0.05) is 23.8 Å². The Balaban J connectivity index is 2.06. The minimum atomic E-state index is -0.517. The number of nitrogens with one attached hydrogen (secondary N) is 2. The van der Waals surface area contributed by atoms with Crippen LogP contribution < -0.4 is 10.6 Å².